The Kier molecular flexibility index (Phi) is 5.13. The van der Waals surface area contributed by atoms with Crippen LogP contribution < -0.4 is 5.56 Å². The SMILES string of the molecule is CC(C)n1nc(C(=O)OCC(=O)c2ccc3c(c2)-c2ccccc2C3)c2ccccc2c1=O. The zero-order valence-electron chi connectivity index (χ0n) is 18.4. The van der Waals surface area contributed by atoms with Crippen LogP contribution in [0.4, 0.5) is 0 Å². The predicted molar refractivity (Wildman–Crippen MR) is 126 cm³/mol. The lowest BCUT2D eigenvalue weighted by Gasteiger charge is -2.13. The Balaban J connectivity index is 1.40. The number of carbonyl (C=O) groups is 2. The first-order valence-electron chi connectivity index (χ1n) is 10.9. The molecule has 1 aliphatic carbocycles. The fraction of sp³-hybridized carbons (Fsp3) is 0.185. The van der Waals surface area contributed by atoms with Gasteiger partial charge in [-0.2, -0.15) is 5.10 Å². The van der Waals surface area contributed by atoms with E-state index in [9.17, 15) is 14.4 Å². The normalized spacial score (nSPS) is 12.0. The Morgan fingerprint density at radius 1 is 0.939 bits per heavy atom. The number of fused-ring (bicyclic) bond motifs is 4. The maximum Gasteiger partial charge on any atom is 0.359 e. The lowest BCUT2D eigenvalue weighted by atomic mass is 10.0. The summed E-state index contributed by atoms with van der Waals surface area (Å²) in [6.07, 6.45) is 0.846. The van der Waals surface area contributed by atoms with Gasteiger partial charge in [0.05, 0.1) is 11.4 Å². The first-order valence-corrected chi connectivity index (χ1v) is 10.9. The van der Waals surface area contributed by atoms with Gasteiger partial charge in [0.2, 0.25) is 0 Å². The van der Waals surface area contributed by atoms with Crippen LogP contribution in [-0.2, 0) is 11.2 Å². The van der Waals surface area contributed by atoms with E-state index >= 15 is 0 Å². The quantitative estimate of drug-likeness (QED) is 0.296. The number of ether oxygens (including phenoxy) is 1. The topological polar surface area (TPSA) is 78.3 Å². The third-order valence-corrected chi connectivity index (χ3v) is 5.97. The maximum atomic E-state index is 12.9. The van der Waals surface area contributed by atoms with Crippen LogP contribution in [-0.4, -0.2) is 28.1 Å². The summed E-state index contributed by atoms with van der Waals surface area (Å²) < 4.78 is 6.61. The molecule has 5 rings (SSSR count). The molecule has 3 aromatic carbocycles. The van der Waals surface area contributed by atoms with Crippen LogP contribution in [0.1, 0.15) is 51.9 Å². The number of nitrogens with zero attached hydrogens (tertiary/aromatic N) is 2. The lowest BCUT2D eigenvalue weighted by molar-refractivity contribution is 0.0468. The fourth-order valence-corrected chi connectivity index (χ4v) is 4.29. The molecule has 0 N–H and O–H groups in total. The first-order chi connectivity index (χ1) is 15.9. The van der Waals surface area contributed by atoms with Crippen LogP contribution in [0.2, 0.25) is 0 Å². The molecule has 0 saturated carbocycles. The van der Waals surface area contributed by atoms with Gasteiger partial charge in [-0.25, -0.2) is 9.48 Å². The van der Waals surface area contributed by atoms with Gasteiger partial charge in [-0.1, -0.05) is 54.6 Å². The molecule has 6 nitrogen and oxygen atoms in total. The molecule has 1 heterocycles. The molecule has 0 saturated heterocycles. The number of hydrogen-bond acceptors (Lipinski definition) is 5. The van der Waals surface area contributed by atoms with Crippen LogP contribution in [0.25, 0.3) is 21.9 Å². The molecule has 0 spiro atoms. The van der Waals surface area contributed by atoms with Crippen molar-refractivity contribution in [3.63, 3.8) is 0 Å². The second-order valence-corrected chi connectivity index (χ2v) is 8.44. The van der Waals surface area contributed by atoms with E-state index in [2.05, 4.69) is 17.2 Å². The van der Waals surface area contributed by atoms with Gasteiger partial charge in [0.25, 0.3) is 5.56 Å². The molecular weight excluding hydrogens is 416 g/mol. The highest BCUT2D eigenvalue weighted by molar-refractivity contribution is 6.04. The Morgan fingerprint density at radius 3 is 2.42 bits per heavy atom. The summed E-state index contributed by atoms with van der Waals surface area (Å²) in [5.74, 6) is -1.03. The molecule has 0 bridgehead atoms. The Labute approximate surface area is 190 Å². The van der Waals surface area contributed by atoms with Crippen LogP contribution in [0.15, 0.2) is 71.5 Å². The Morgan fingerprint density at radius 2 is 1.64 bits per heavy atom. The Bertz CT molecular complexity index is 1480. The number of aromatic nitrogens is 2. The molecule has 1 aromatic heterocycles. The van der Waals surface area contributed by atoms with Crippen LogP contribution >= 0.6 is 0 Å². The first kappa shape index (κ1) is 20.8. The monoisotopic (exact) mass is 438 g/mol. The third kappa shape index (κ3) is 3.63. The summed E-state index contributed by atoms with van der Waals surface area (Å²) in [4.78, 5) is 38.4. The number of Topliss-reactive ketones (excluding diaryl/α,β-unsaturated/α-hetero) is 1. The highest BCUT2D eigenvalue weighted by atomic mass is 16.5. The molecule has 4 aromatic rings. The van der Waals surface area contributed by atoms with Crippen molar-refractivity contribution < 1.29 is 14.3 Å². The van der Waals surface area contributed by atoms with Gasteiger partial charge in [-0.3, -0.25) is 9.59 Å². The zero-order valence-corrected chi connectivity index (χ0v) is 18.4. The molecule has 0 amide bonds. The van der Waals surface area contributed by atoms with Gasteiger partial charge in [0.1, 0.15) is 0 Å². The van der Waals surface area contributed by atoms with Gasteiger partial charge in [-0.05, 0) is 54.7 Å². The van der Waals surface area contributed by atoms with Crippen molar-refractivity contribution in [3.8, 4) is 11.1 Å². The van der Waals surface area contributed by atoms with E-state index in [1.54, 1.807) is 30.3 Å². The second kappa shape index (κ2) is 8.13. The summed E-state index contributed by atoms with van der Waals surface area (Å²) in [6, 6.07) is 20.3. The van der Waals surface area contributed by atoms with Crippen LogP contribution in [0, 0.1) is 0 Å². The molecule has 0 fully saturated rings. The summed E-state index contributed by atoms with van der Waals surface area (Å²) in [5, 5.41) is 5.04. The third-order valence-electron chi connectivity index (χ3n) is 5.97. The average molecular weight is 438 g/mol. The van der Waals surface area contributed by atoms with Crippen molar-refractivity contribution >= 4 is 22.5 Å². The minimum atomic E-state index is -0.736. The smallest absolute Gasteiger partial charge is 0.359 e. The average Bonchev–Trinajstić information content (AvgIpc) is 3.20. The van der Waals surface area contributed by atoms with Crippen molar-refractivity contribution in [1.29, 1.82) is 0 Å². The molecule has 0 atom stereocenters. The number of benzene rings is 3. The molecule has 6 heteroatoms. The number of rotatable bonds is 5. The van der Waals surface area contributed by atoms with E-state index in [1.807, 2.05) is 38.1 Å². The van der Waals surface area contributed by atoms with E-state index in [-0.39, 0.29) is 23.1 Å². The number of esters is 1. The van der Waals surface area contributed by atoms with Gasteiger partial charge in [0.15, 0.2) is 18.1 Å². The number of hydrogen-bond donors (Lipinski definition) is 0. The second-order valence-electron chi connectivity index (χ2n) is 8.44. The molecule has 0 aliphatic heterocycles. The molecular formula is C27H22N2O4. The zero-order chi connectivity index (χ0) is 23.1. The highest BCUT2D eigenvalue weighted by Gasteiger charge is 2.22. The van der Waals surface area contributed by atoms with Gasteiger partial charge in [-0.15, -0.1) is 0 Å². The minimum Gasteiger partial charge on any atom is -0.452 e. The minimum absolute atomic E-state index is 0.0228. The van der Waals surface area contributed by atoms with Crippen molar-refractivity contribution in [2.45, 2.75) is 26.3 Å². The van der Waals surface area contributed by atoms with Crippen molar-refractivity contribution in [1.82, 2.24) is 9.78 Å². The van der Waals surface area contributed by atoms with Crippen molar-refractivity contribution in [2.24, 2.45) is 0 Å². The van der Waals surface area contributed by atoms with E-state index in [1.165, 1.54) is 15.8 Å². The molecule has 164 valence electrons. The number of ketones is 1. The summed E-state index contributed by atoms with van der Waals surface area (Å²) in [5.41, 5.74) is 4.83. The molecule has 1 aliphatic rings. The molecule has 0 radical (unpaired) electrons. The fourth-order valence-electron chi connectivity index (χ4n) is 4.29. The Hall–Kier alpha value is -4.06. The number of carbonyl (C=O) groups excluding carboxylic acids is 2. The summed E-state index contributed by atoms with van der Waals surface area (Å²) in [6.45, 7) is 3.22. The lowest BCUT2D eigenvalue weighted by Crippen LogP contribution is -2.28. The highest BCUT2D eigenvalue weighted by Crippen LogP contribution is 2.36. The van der Waals surface area contributed by atoms with Gasteiger partial charge < -0.3 is 4.74 Å². The standard InChI is InChI=1S/C27H22N2O4/c1-16(2)29-26(31)22-10-6-5-9-21(22)25(28-29)27(32)33-15-24(30)19-12-11-18-13-17-7-3-4-8-20(17)23(18)14-19/h3-12,14,16H,13,15H2,1-2H3. The van der Waals surface area contributed by atoms with Gasteiger partial charge >= 0.3 is 5.97 Å². The molecule has 0 unspecified atom stereocenters. The predicted octanol–water partition coefficient (Wildman–Crippen LogP) is 4.59. The van der Waals surface area contributed by atoms with E-state index in [4.69, 9.17) is 4.74 Å². The van der Waals surface area contributed by atoms with E-state index < -0.39 is 12.6 Å². The summed E-state index contributed by atoms with van der Waals surface area (Å²) in [7, 11) is 0. The largest absolute Gasteiger partial charge is 0.452 e. The maximum absolute atomic E-state index is 12.9. The van der Waals surface area contributed by atoms with E-state index in [0.717, 1.165) is 17.5 Å². The van der Waals surface area contributed by atoms with Crippen molar-refractivity contribution in [3.05, 3.63) is 99.5 Å². The van der Waals surface area contributed by atoms with Crippen molar-refractivity contribution in [2.75, 3.05) is 6.61 Å². The van der Waals surface area contributed by atoms with Crippen LogP contribution in [0.3, 0.4) is 0 Å². The summed E-state index contributed by atoms with van der Waals surface area (Å²) >= 11 is 0. The van der Waals surface area contributed by atoms with Crippen LogP contribution in [0.5, 0.6) is 0 Å². The molecule has 33 heavy (non-hydrogen) atoms. The van der Waals surface area contributed by atoms with Gasteiger partial charge in [0, 0.05) is 10.9 Å². The van der Waals surface area contributed by atoms with E-state index in [0.29, 0.717) is 16.3 Å².